The Morgan fingerprint density at radius 3 is 2.76 bits per heavy atom. The summed E-state index contributed by atoms with van der Waals surface area (Å²) in [6.45, 7) is 4.00. The number of aryl methyl sites for hydroxylation is 1. The molecule has 0 aliphatic carbocycles. The number of nitrogens with zero attached hydrogens (tertiary/aromatic N) is 2. The van der Waals surface area contributed by atoms with E-state index in [0.29, 0.717) is 40.7 Å². The van der Waals surface area contributed by atoms with E-state index in [1.807, 2.05) is 37.3 Å². The lowest BCUT2D eigenvalue weighted by Crippen LogP contribution is -2.37. The molecule has 0 spiro atoms. The molecule has 0 aliphatic heterocycles. The molecule has 9 heteroatoms. The second kappa shape index (κ2) is 9.39. The fourth-order valence-electron chi connectivity index (χ4n) is 3.51. The molecule has 2 aromatic carbocycles. The van der Waals surface area contributed by atoms with E-state index in [-0.39, 0.29) is 11.5 Å². The van der Waals surface area contributed by atoms with Crippen molar-refractivity contribution in [2.24, 2.45) is 10.7 Å². The van der Waals surface area contributed by atoms with E-state index >= 15 is 0 Å². The van der Waals surface area contributed by atoms with Gasteiger partial charge >= 0.3 is 5.76 Å². The molecular weight excluding hydrogens is 422 g/mol. The minimum absolute atomic E-state index is 0.180. The van der Waals surface area contributed by atoms with E-state index in [2.05, 4.69) is 20.3 Å². The van der Waals surface area contributed by atoms with Crippen LogP contribution >= 0.6 is 0 Å². The number of anilines is 1. The second-order valence-corrected chi connectivity index (χ2v) is 7.20. The van der Waals surface area contributed by atoms with Gasteiger partial charge in [-0.2, -0.15) is 0 Å². The Morgan fingerprint density at radius 2 is 2.03 bits per heavy atom. The molecule has 0 aliphatic rings. The van der Waals surface area contributed by atoms with Crippen LogP contribution in [0.2, 0.25) is 0 Å². The first-order valence-electron chi connectivity index (χ1n) is 10.4. The van der Waals surface area contributed by atoms with Crippen molar-refractivity contribution in [2.75, 3.05) is 11.9 Å². The van der Waals surface area contributed by atoms with E-state index < -0.39 is 11.8 Å². The molecule has 4 N–H and O–H groups in total. The van der Waals surface area contributed by atoms with Crippen molar-refractivity contribution in [1.82, 2.24) is 9.97 Å². The summed E-state index contributed by atoms with van der Waals surface area (Å²) in [5.41, 5.74) is 8.46. The van der Waals surface area contributed by atoms with Gasteiger partial charge in [-0.3, -0.25) is 14.8 Å². The van der Waals surface area contributed by atoms with Crippen LogP contribution in [-0.4, -0.2) is 34.0 Å². The number of oxazole rings is 2. The summed E-state index contributed by atoms with van der Waals surface area (Å²) in [7, 11) is 0. The number of hydrogen-bond acceptors (Lipinski definition) is 8. The van der Waals surface area contributed by atoms with Gasteiger partial charge in [0, 0.05) is 30.8 Å². The predicted molar refractivity (Wildman–Crippen MR) is 127 cm³/mol. The number of hydrogen-bond donors (Lipinski definition) is 3. The van der Waals surface area contributed by atoms with Crippen LogP contribution in [0.5, 0.6) is 0 Å². The lowest BCUT2D eigenvalue weighted by atomic mass is 10.00. The Balaban J connectivity index is 1.78. The number of nitrogens with one attached hydrogen (secondary N) is 2. The van der Waals surface area contributed by atoms with Crippen molar-refractivity contribution in [1.29, 1.82) is 0 Å². The van der Waals surface area contributed by atoms with Crippen molar-refractivity contribution in [3.8, 4) is 11.3 Å². The summed E-state index contributed by atoms with van der Waals surface area (Å²) in [5, 5.41) is 3.19. The Kier molecular flexibility index (Phi) is 6.21. The van der Waals surface area contributed by atoms with Gasteiger partial charge in [0.2, 0.25) is 5.78 Å². The van der Waals surface area contributed by atoms with Gasteiger partial charge in [-0.25, -0.2) is 9.78 Å². The zero-order valence-corrected chi connectivity index (χ0v) is 18.2. The molecule has 0 fully saturated rings. The Morgan fingerprint density at radius 1 is 1.24 bits per heavy atom. The molecule has 9 nitrogen and oxygen atoms in total. The van der Waals surface area contributed by atoms with Gasteiger partial charge in [0.15, 0.2) is 22.9 Å². The van der Waals surface area contributed by atoms with Crippen molar-refractivity contribution >= 4 is 28.3 Å². The first-order valence-corrected chi connectivity index (χ1v) is 10.4. The summed E-state index contributed by atoms with van der Waals surface area (Å²) in [5.74, 6) is -0.148. The summed E-state index contributed by atoms with van der Waals surface area (Å²) in [6, 6.07) is 13.4. The molecule has 4 aromatic rings. The largest absolute Gasteiger partial charge is 0.440 e. The summed E-state index contributed by atoms with van der Waals surface area (Å²) in [4.78, 5) is 36.7. The average Bonchev–Trinajstić information content (AvgIpc) is 3.38. The van der Waals surface area contributed by atoms with Crippen molar-refractivity contribution in [2.45, 2.75) is 19.9 Å². The highest BCUT2D eigenvalue weighted by Crippen LogP contribution is 2.27. The number of benzene rings is 2. The topological polar surface area (TPSA) is 140 Å². The number of aliphatic imine (C=N–C) groups is 1. The summed E-state index contributed by atoms with van der Waals surface area (Å²) in [6.07, 6.45) is 2.90. The number of fused-ring (bicyclic) bond motifs is 1. The molecule has 0 saturated carbocycles. The van der Waals surface area contributed by atoms with Gasteiger partial charge < -0.3 is 19.9 Å². The molecule has 2 aromatic heterocycles. The van der Waals surface area contributed by atoms with Crippen LogP contribution in [0, 0.1) is 6.92 Å². The number of Topliss-reactive ketones (excluding diaryl/α,β-unsaturated/α-hetero) is 1. The zero-order chi connectivity index (χ0) is 23.4. The van der Waals surface area contributed by atoms with Gasteiger partial charge in [-0.05, 0) is 31.3 Å². The van der Waals surface area contributed by atoms with E-state index in [9.17, 15) is 9.59 Å². The molecule has 33 heavy (non-hydrogen) atoms. The average molecular weight is 445 g/mol. The first kappa shape index (κ1) is 21.8. The maximum Gasteiger partial charge on any atom is 0.417 e. The number of carbonyl (C=O) groups excluding carboxylic acids is 1. The lowest BCUT2D eigenvalue weighted by molar-refractivity contribution is 0.0986. The van der Waals surface area contributed by atoms with Crippen LogP contribution in [-0.2, 0) is 0 Å². The normalized spacial score (nSPS) is 13.0. The van der Waals surface area contributed by atoms with Crippen molar-refractivity contribution in [3.05, 3.63) is 82.9 Å². The maximum absolute atomic E-state index is 13.8. The van der Waals surface area contributed by atoms with E-state index in [1.165, 1.54) is 6.20 Å². The molecule has 4 rings (SSSR count). The summed E-state index contributed by atoms with van der Waals surface area (Å²) >= 11 is 0. The third kappa shape index (κ3) is 4.62. The first-order chi connectivity index (χ1) is 16.0. The van der Waals surface area contributed by atoms with Gasteiger partial charge in [-0.15, -0.1) is 0 Å². The Bertz CT molecular complexity index is 1400. The number of carbonyl (C=O) groups is 1. The molecule has 168 valence electrons. The summed E-state index contributed by atoms with van der Waals surface area (Å²) < 4.78 is 10.9. The molecule has 0 saturated heterocycles. The van der Waals surface area contributed by atoms with Gasteiger partial charge in [0.25, 0.3) is 0 Å². The molecule has 0 amide bonds. The number of nitrogens with two attached hydrogens (primary N) is 1. The number of H-pyrrole nitrogens is 1. The van der Waals surface area contributed by atoms with Crippen molar-refractivity contribution < 1.29 is 13.6 Å². The standard InChI is InChI=1S/C24H23N5O4/c1-3-26-18(11-12-25)20(28-16-9-10-17-19(13-16)33-24(31)29-17)22(30)21-23(32-14(2)27-21)15-7-5-4-6-8-15/h4-13,20,28H,3,25H2,1-2H3,(H,29,31). The molecular formula is C24H23N5O4. The number of rotatable bonds is 8. The third-order valence-electron chi connectivity index (χ3n) is 4.90. The SMILES string of the molecule is CCN=C(C=CN)C(Nc1ccc2[nH]c(=O)oc2c1)C(=O)c1nc(C)oc1-c1ccccc1. The quantitative estimate of drug-likeness (QED) is 0.278. The zero-order valence-electron chi connectivity index (χ0n) is 18.2. The highest BCUT2D eigenvalue weighted by molar-refractivity contribution is 6.21. The highest BCUT2D eigenvalue weighted by Gasteiger charge is 2.30. The second-order valence-electron chi connectivity index (χ2n) is 7.20. The monoisotopic (exact) mass is 445 g/mol. The minimum atomic E-state index is -0.917. The molecule has 0 radical (unpaired) electrons. The van der Waals surface area contributed by atoms with E-state index in [1.54, 1.807) is 31.2 Å². The van der Waals surface area contributed by atoms with Gasteiger partial charge in [-0.1, -0.05) is 30.3 Å². The molecule has 2 heterocycles. The molecule has 0 bridgehead atoms. The van der Waals surface area contributed by atoms with Crippen LogP contribution in [0.4, 0.5) is 5.69 Å². The van der Waals surface area contributed by atoms with Gasteiger partial charge in [0.05, 0.1) is 11.2 Å². The molecule has 1 unspecified atom stereocenters. The fraction of sp³-hybridized carbons (Fsp3) is 0.167. The van der Waals surface area contributed by atoms with Crippen LogP contribution in [0.1, 0.15) is 23.3 Å². The lowest BCUT2D eigenvalue weighted by Gasteiger charge is -2.19. The predicted octanol–water partition coefficient (Wildman–Crippen LogP) is 3.68. The minimum Gasteiger partial charge on any atom is -0.440 e. The maximum atomic E-state index is 13.8. The Hall–Kier alpha value is -4.40. The molecule has 1 atom stereocenters. The third-order valence-corrected chi connectivity index (χ3v) is 4.90. The number of ketones is 1. The van der Waals surface area contributed by atoms with E-state index in [4.69, 9.17) is 14.6 Å². The van der Waals surface area contributed by atoms with Crippen molar-refractivity contribution in [3.63, 3.8) is 0 Å². The number of aromatic nitrogens is 2. The number of aromatic amines is 1. The smallest absolute Gasteiger partial charge is 0.417 e. The van der Waals surface area contributed by atoms with E-state index in [0.717, 1.165) is 5.56 Å². The fourth-order valence-corrected chi connectivity index (χ4v) is 3.51. The van der Waals surface area contributed by atoms with Crippen LogP contribution in [0.3, 0.4) is 0 Å². The van der Waals surface area contributed by atoms with Crippen LogP contribution < -0.4 is 16.8 Å². The Labute approximate surface area is 189 Å². The van der Waals surface area contributed by atoms with Gasteiger partial charge in [0.1, 0.15) is 6.04 Å². The highest BCUT2D eigenvalue weighted by atomic mass is 16.4. The van der Waals surface area contributed by atoms with Crippen LogP contribution in [0.25, 0.3) is 22.4 Å². The van der Waals surface area contributed by atoms with Crippen LogP contribution in [0.15, 0.2) is 79.4 Å².